The van der Waals surface area contributed by atoms with E-state index in [2.05, 4.69) is 25.8 Å². The summed E-state index contributed by atoms with van der Waals surface area (Å²) in [5.74, 6) is 0.878. The Bertz CT molecular complexity index is 377. The second-order valence-electron chi connectivity index (χ2n) is 3.62. The lowest BCUT2D eigenvalue weighted by atomic mass is 10.2. The quantitative estimate of drug-likeness (QED) is 0.903. The highest BCUT2D eigenvalue weighted by atomic mass is 79.9. The molecule has 1 atom stereocenters. The van der Waals surface area contributed by atoms with Gasteiger partial charge >= 0.3 is 0 Å². The molecule has 2 rings (SSSR count). The fourth-order valence-electron chi connectivity index (χ4n) is 1.75. The first kappa shape index (κ1) is 12.1. The van der Waals surface area contributed by atoms with Crippen LogP contribution >= 0.6 is 27.5 Å². The van der Waals surface area contributed by atoms with E-state index in [1.807, 2.05) is 6.07 Å². The molecule has 0 spiro atoms. The van der Waals surface area contributed by atoms with Gasteiger partial charge in [-0.2, -0.15) is 0 Å². The Morgan fingerprint density at radius 3 is 3.19 bits per heavy atom. The van der Waals surface area contributed by atoms with Gasteiger partial charge in [0.15, 0.2) is 0 Å². The monoisotopic (exact) mass is 305 g/mol. The molecular formula is C10H13BrClN3O. The summed E-state index contributed by atoms with van der Waals surface area (Å²) in [6.45, 7) is 2.70. The van der Waals surface area contributed by atoms with E-state index in [0.717, 1.165) is 16.8 Å². The molecule has 0 aliphatic carbocycles. The normalized spacial score (nSPS) is 21.2. The second kappa shape index (κ2) is 5.31. The molecule has 2 N–H and O–H groups in total. The van der Waals surface area contributed by atoms with Crippen LogP contribution in [0.15, 0.2) is 16.7 Å². The van der Waals surface area contributed by atoms with Crippen LogP contribution in [0.1, 0.15) is 0 Å². The molecule has 1 aliphatic rings. The van der Waals surface area contributed by atoms with Crippen LogP contribution in [0.5, 0.6) is 0 Å². The van der Waals surface area contributed by atoms with Crippen molar-refractivity contribution in [2.45, 2.75) is 6.04 Å². The highest BCUT2D eigenvalue weighted by Gasteiger charge is 2.24. The molecule has 1 saturated heterocycles. The number of pyridine rings is 1. The zero-order chi connectivity index (χ0) is 11.5. The molecule has 2 heterocycles. The maximum atomic E-state index is 5.87. The minimum atomic E-state index is 0.179. The zero-order valence-corrected chi connectivity index (χ0v) is 11.0. The smallest absolute Gasteiger partial charge is 0.143 e. The van der Waals surface area contributed by atoms with Gasteiger partial charge in [-0.25, -0.2) is 4.98 Å². The highest BCUT2D eigenvalue weighted by molar-refractivity contribution is 9.10. The van der Waals surface area contributed by atoms with E-state index < -0.39 is 0 Å². The molecule has 0 amide bonds. The fourth-order valence-corrected chi connectivity index (χ4v) is 2.61. The predicted molar refractivity (Wildman–Crippen MR) is 68.0 cm³/mol. The minimum Gasteiger partial charge on any atom is -0.377 e. The number of ether oxygens (including phenoxy) is 1. The van der Waals surface area contributed by atoms with E-state index >= 15 is 0 Å². The number of halogens is 2. The summed E-state index contributed by atoms with van der Waals surface area (Å²) in [7, 11) is 0. The summed E-state index contributed by atoms with van der Waals surface area (Å²) in [6, 6.07) is 2.02. The molecule has 0 aromatic carbocycles. The van der Waals surface area contributed by atoms with Crippen LogP contribution in [0, 0.1) is 0 Å². The van der Waals surface area contributed by atoms with Crippen molar-refractivity contribution in [1.82, 2.24) is 4.98 Å². The summed E-state index contributed by atoms with van der Waals surface area (Å²) in [5.41, 5.74) is 5.72. The number of nitrogens with two attached hydrogens (primary N) is 1. The van der Waals surface area contributed by atoms with Crippen molar-refractivity contribution in [1.29, 1.82) is 0 Å². The Balaban J connectivity index is 2.27. The van der Waals surface area contributed by atoms with Crippen LogP contribution < -0.4 is 10.6 Å². The zero-order valence-electron chi connectivity index (χ0n) is 8.70. The third-order valence-electron chi connectivity index (χ3n) is 2.56. The van der Waals surface area contributed by atoms with E-state index in [9.17, 15) is 0 Å². The van der Waals surface area contributed by atoms with Crippen molar-refractivity contribution in [2.75, 3.05) is 31.2 Å². The molecule has 0 radical (unpaired) electrons. The Morgan fingerprint density at radius 1 is 1.69 bits per heavy atom. The van der Waals surface area contributed by atoms with E-state index in [1.54, 1.807) is 6.20 Å². The average Bonchev–Trinajstić information content (AvgIpc) is 2.29. The SMILES string of the molecule is NCC1COCCN1c1ncc(Cl)cc1Br. The van der Waals surface area contributed by atoms with Gasteiger partial charge in [-0.05, 0) is 22.0 Å². The summed E-state index contributed by atoms with van der Waals surface area (Å²) in [4.78, 5) is 6.49. The summed E-state index contributed by atoms with van der Waals surface area (Å²) in [5, 5.41) is 0.619. The third kappa shape index (κ3) is 2.48. The van der Waals surface area contributed by atoms with Crippen molar-refractivity contribution in [2.24, 2.45) is 5.73 Å². The van der Waals surface area contributed by atoms with Crippen LogP contribution in [0.4, 0.5) is 5.82 Å². The molecule has 0 saturated carbocycles. The van der Waals surface area contributed by atoms with E-state index in [1.165, 1.54) is 0 Å². The van der Waals surface area contributed by atoms with Gasteiger partial charge in [0.25, 0.3) is 0 Å². The Labute approximate surface area is 108 Å². The van der Waals surface area contributed by atoms with Gasteiger partial charge in [0.2, 0.25) is 0 Å². The summed E-state index contributed by atoms with van der Waals surface area (Å²) in [6.07, 6.45) is 1.64. The number of hydrogen-bond donors (Lipinski definition) is 1. The number of nitrogens with zero attached hydrogens (tertiary/aromatic N) is 2. The fraction of sp³-hybridized carbons (Fsp3) is 0.500. The Morgan fingerprint density at radius 2 is 2.50 bits per heavy atom. The topological polar surface area (TPSA) is 51.4 Å². The number of morpholine rings is 1. The minimum absolute atomic E-state index is 0.179. The lowest BCUT2D eigenvalue weighted by Gasteiger charge is -2.36. The van der Waals surface area contributed by atoms with Gasteiger partial charge in [-0.15, -0.1) is 0 Å². The Hall–Kier alpha value is -0.360. The molecule has 88 valence electrons. The first-order valence-electron chi connectivity index (χ1n) is 5.08. The predicted octanol–water partition coefficient (Wildman–Crippen LogP) is 1.66. The van der Waals surface area contributed by atoms with Gasteiger partial charge < -0.3 is 15.4 Å². The first-order valence-corrected chi connectivity index (χ1v) is 6.25. The van der Waals surface area contributed by atoms with E-state index in [4.69, 9.17) is 22.1 Å². The average molecular weight is 307 g/mol. The molecule has 4 nitrogen and oxygen atoms in total. The Kier molecular flexibility index (Phi) is 4.02. The lowest BCUT2D eigenvalue weighted by molar-refractivity contribution is 0.0958. The molecule has 1 aromatic rings. The molecule has 0 bridgehead atoms. The van der Waals surface area contributed by atoms with Gasteiger partial charge in [-0.3, -0.25) is 0 Å². The van der Waals surface area contributed by atoms with Gasteiger partial charge in [0, 0.05) is 19.3 Å². The second-order valence-corrected chi connectivity index (χ2v) is 4.91. The van der Waals surface area contributed by atoms with Crippen molar-refractivity contribution < 1.29 is 4.74 Å². The van der Waals surface area contributed by atoms with Crippen LogP contribution in [0.2, 0.25) is 5.02 Å². The maximum Gasteiger partial charge on any atom is 0.143 e. The molecule has 1 fully saturated rings. The van der Waals surface area contributed by atoms with Crippen molar-refractivity contribution in [3.8, 4) is 0 Å². The summed E-state index contributed by atoms with van der Waals surface area (Å²) < 4.78 is 6.29. The molecule has 6 heteroatoms. The standard InChI is InChI=1S/C10H13BrClN3O/c11-9-3-7(12)5-14-10(9)15-1-2-16-6-8(15)4-13/h3,5,8H,1-2,4,6,13H2. The van der Waals surface area contributed by atoms with E-state index in [-0.39, 0.29) is 6.04 Å². The number of anilines is 1. The van der Waals surface area contributed by atoms with Gasteiger partial charge in [0.05, 0.1) is 28.8 Å². The molecule has 1 unspecified atom stereocenters. The molecular weight excluding hydrogens is 293 g/mol. The van der Waals surface area contributed by atoms with Crippen molar-refractivity contribution >= 4 is 33.3 Å². The van der Waals surface area contributed by atoms with E-state index in [0.29, 0.717) is 24.8 Å². The molecule has 1 aliphatic heterocycles. The number of rotatable bonds is 2. The van der Waals surface area contributed by atoms with Gasteiger partial charge in [-0.1, -0.05) is 11.6 Å². The van der Waals surface area contributed by atoms with Crippen LogP contribution in [0.3, 0.4) is 0 Å². The van der Waals surface area contributed by atoms with Crippen LogP contribution in [0.25, 0.3) is 0 Å². The molecule has 1 aromatic heterocycles. The van der Waals surface area contributed by atoms with Gasteiger partial charge in [0.1, 0.15) is 5.82 Å². The number of aromatic nitrogens is 1. The van der Waals surface area contributed by atoms with Crippen LogP contribution in [-0.2, 0) is 4.74 Å². The lowest BCUT2D eigenvalue weighted by Crippen LogP contribution is -2.50. The maximum absolute atomic E-state index is 5.87. The number of hydrogen-bond acceptors (Lipinski definition) is 4. The van der Waals surface area contributed by atoms with Crippen molar-refractivity contribution in [3.05, 3.63) is 21.8 Å². The third-order valence-corrected chi connectivity index (χ3v) is 3.35. The molecule has 16 heavy (non-hydrogen) atoms. The summed E-state index contributed by atoms with van der Waals surface area (Å²) >= 11 is 9.33. The largest absolute Gasteiger partial charge is 0.377 e. The van der Waals surface area contributed by atoms with Crippen molar-refractivity contribution in [3.63, 3.8) is 0 Å². The van der Waals surface area contributed by atoms with Crippen LogP contribution in [-0.4, -0.2) is 37.3 Å². The highest BCUT2D eigenvalue weighted by Crippen LogP contribution is 2.28. The first-order chi connectivity index (χ1) is 7.72.